The number of rotatable bonds is 1. The van der Waals surface area contributed by atoms with Crippen molar-refractivity contribution in [3.63, 3.8) is 0 Å². The highest BCUT2D eigenvalue weighted by Crippen LogP contribution is 2.34. The Morgan fingerprint density at radius 1 is 1.41 bits per heavy atom. The molecule has 0 amide bonds. The van der Waals surface area contributed by atoms with Gasteiger partial charge >= 0.3 is 0 Å². The van der Waals surface area contributed by atoms with Crippen molar-refractivity contribution in [3.05, 3.63) is 48.0 Å². The van der Waals surface area contributed by atoms with Crippen LogP contribution in [0.5, 0.6) is 5.75 Å². The van der Waals surface area contributed by atoms with Gasteiger partial charge in [-0.1, -0.05) is 12.1 Å². The van der Waals surface area contributed by atoms with E-state index in [0.717, 1.165) is 5.69 Å². The maximum absolute atomic E-state index is 12.0. The summed E-state index contributed by atoms with van der Waals surface area (Å²) in [4.78, 5) is 16.0. The molecule has 0 N–H and O–H groups in total. The third kappa shape index (κ3) is 1.62. The Bertz CT molecular complexity index is 574. The monoisotopic (exact) mass is 228 g/mol. The van der Waals surface area contributed by atoms with Crippen molar-refractivity contribution in [2.45, 2.75) is 12.5 Å². The van der Waals surface area contributed by atoms with E-state index in [4.69, 9.17) is 4.74 Å². The number of hydrogen-bond acceptors (Lipinski definition) is 3. The minimum Gasteiger partial charge on any atom is -0.483 e. The van der Waals surface area contributed by atoms with E-state index < -0.39 is 0 Å². The predicted molar refractivity (Wildman–Crippen MR) is 62.0 cm³/mol. The van der Waals surface area contributed by atoms with Crippen LogP contribution in [0.4, 0.5) is 0 Å². The van der Waals surface area contributed by atoms with Gasteiger partial charge in [-0.3, -0.25) is 4.79 Å². The molecule has 0 fully saturated rings. The van der Waals surface area contributed by atoms with Crippen molar-refractivity contribution in [3.8, 4) is 5.75 Å². The molecule has 1 aromatic heterocycles. The van der Waals surface area contributed by atoms with E-state index in [9.17, 15) is 4.79 Å². The lowest BCUT2D eigenvalue weighted by Crippen LogP contribution is -2.21. The molecule has 1 atom stereocenters. The number of imidazole rings is 1. The molecule has 1 aliphatic heterocycles. The van der Waals surface area contributed by atoms with Gasteiger partial charge in [0.1, 0.15) is 11.9 Å². The fraction of sp³-hybridized carbons (Fsp3) is 0.231. The van der Waals surface area contributed by atoms with E-state index in [2.05, 4.69) is 4.98 Å². The minimum atomic E-state index is -0.232. The minimum absolute atomic E-state index is 0.123. The number of carbonyl (C=O) groups excluding carboxylic acids is 1. The first-order valence-electron chi connectivity index (χ1n) is 5.51. The summed E-state index contributed by atoms with van der Waals surface area (Å²) in [5.41, 5.74) is 1.60. The molecule has 4 nitrogen and oxygen atoms in total. The highest BCUT2D eigenvalue weighted by molar-refractivity contribution is 5.99. The average Bonchev–Trinajstić information content (AvgIpc) is 2.75. The summed E-state index contributed by atoms with van der Waals surface area (Å²) in [5.74, 6) is 0.785. The molecule has 17 heavy (non-hydrogen) atoms. The van der Waals surface area contributed by atoms with Gasteiger partial charge in [-0.2, -0.15) is 0 Å². The largest absolute Gasteiger partial charge is 0.483 e. The fourth-order valence-corrected chi connectivity index (χ4v) is 2.12. The first-order valence-corrected chi connectivity index (χ1v) is 5.51. The molecule has 0 bridgehead atoms. The molecule has 1 unspecified atom stereocenters. The average molecular weight is 228 g/mol. The molecule has 86 valence electrons. The summed E-state index contributed by atoms with van der Waals surface area (Å²) < 4.78 is 7.73. The quantitative estimate of drug-likeness (QED) is 0.751. The van der Waals surface area contributed by atoms with Crippen LogP contribution in [0, 0.1) is 0 Å². The molecule has 1 aliphatic rings. The van der Waals surface area contributed by atoms with Crippen LogP contribution in [-0.2, 0) is 7.05 Å². The molecule has 2 heterocycles. The lowest BCUT2D eigenvalue weighted by atomic mass is 9.99. The molecule has 0 spiro atoms. The van der Waals surface area contributed by atoms with Crippen molar-refractivity contribution in [1.29, 1.82) is 0 Å². The van der Waals surface area contributed by atoms with Crippen LogP contribution in [0.25, 0.3) is 0 Å². The van der Waals surface area contributed by atoms with Crippen LogP contribution in [0.3, 0.4) is 0 Å². The molecule has 0 saturated heterocycles. The highest BCUT2D eigenvalue weighted by atomic mass is 16.5. The zero-order valence-corrected chi connectivity index (χ0v) is 9.46. The first kappa shape index (κ1) is 10.1. The third-order valence-corrected chi connectivity index (χ3v) is 3.01. The second kappa shape index (κ2) is 3.73. The number of hydrogen-bond donors (Lipinski definition) is 0. The van der Waals surface area contributed by atoms with Gasteiger partial charge in [0.05, 0.1) is 30.2 Å². The van der Waals surface area contributed by atoms with E-state index in [1.165, 1.54) is 0 Å². The molecule has 1 aromatic carbocycles. The van der Waals surface area contributed by atoms with Gasteiger partial charge in [0.15, 0.2) is 5.78 Å². The SMILES string of the molecule is Cn1cncc1C1CC(=O)c2ccccc2O1. The van der Waals surface area contributed by atoms with E-state index in [1.807, 2.05) is 29.8 Å². The number of nitrogens with zero attached hydrogens (tertiary/aromatic N) is 2. The van der Waals surface area contributed by atoms with Crippen LogP contribution in [0.2, 0.25) is 0 Å². The molecule has 4 heteroatoms. The maximum atomic E-state index is 12.0. The molecule has 2 aromatic rings. The number of aromatic nitrogens is 2. The molecular formula is C13H12N2O2. The number of carbonyl (C=O) groups is 1. The Labute approximate surface area is 98.9 Å². The third-order valence-electron chi connectivity index (χ3n) is 3.01. The van der Waals surface area contributed by atoms with Crippen LogP contribution in [0.15, 0.2) is 36.8 Å². The smallest absolute Gasteiger partial charge is 0.170 e. The maximum Gasteiger partial charge on any atom is 0.170 e. The van der Waals surface area contributed by atoms with Crippen molar-refractivity contribution in [1.82, 2.24) is 9.55 Å². The first-order chi connectivity index (χ1) is 8.25. The number of para-hydroxylation sites is 1. The van der Waals surface area contributed by atoms with Gasteiger partial charge in [0, 0.05) is 7.05 Å². The second-order valence-electron chi connectivity index (χ2n) is 4.16. The van der Waals surface area contributed by atoms with E-state index in [-0.39, 0.29) is 11.9 Å². The Balaban J connectivity index is 1.99. The van der Waals surface area contributed by atoms with Crippen LogP contribution >= 0.6 is 0 Å². The number of Topliss-reactive ketones (excluding diaryl/α,β-unsaturated/α-hetero) is 1. The topological polar surface area (TPSA) is 44.1 Å². The van der Waals surface area contributed by atoms with Crippen molar-refractivity contribution in [2.75, 3.05) is 0 Å². The zero-order chi connectivity index (χ0) is 11.8. The number of ether oxygens (including phenoxy) is 1. The van der Waals surface area contributed by atoms with Crippen LogP contribution in [-0.4, -0.2) is 15.3 Å². The van der Waals surface area contributed by atoms with Gasteiger partial charge in [-0.15, -0.1) is 0 Å². The normalized spacial score (nSPS) is 18.6. The standard InChI is InChI=1S/C13H12N2O2/c1-15-8-14-7-10(15)13-6-11(16)9-4-2-3-5-12(9)17-13/h2-5,7-8,13H,6H2,1H3. The molecular weight excluding hydrogens is 216 g/mol. The van der Waals surface area contributed by atoms with E-state index in [1.54, 1.807) is 18.6 Å². The summed E-state index contributed by atoms with van der Waals surface area (Å²) in [6.07, 6.45) is 3.59. The van der Waals surface area contributed by atoms with Gasteiger partial charge < -0.3 is 9.30 Å². The van der Waals surface area contributed by atoms with E-state index >= 15 is 0 Å². The van der Waals surface area contributed by atoms with Gasteiger partial charge in [-0.05, 0) is 12.1 Å². The Morgan fingerprint density at radius 3 is 3.00 bits per heavy atom. The summed E-state index contributed by atoms with van der Waals surface area (Å²) in [7, 11) is 1.90. The summed E-state index contributed by atoms with van der Waals surface area (Å²) >= 11 is 0. The Kier molecular flexibility index (Phi) is 2.21. The molecule has 3 rings (SSSR count). The highest BCUT2D eigenvalue weighted by Gasteiger charge is 2.28. The van der Waals surface area contributed by atoms with Crippen molar-refractivity contribution < 1.29 is 9.53 Å². The Hall–Kier alpha value is -2.10. The van der Waals surface area contributed by atoms with Crippen molar-refractivity contribution >= 4 is 5.78 Å². The zero-order valence-electron chi connectivity index (χ0n) is 9.46. The number of benzene rings is 1. The molecule has 0 radical (unpaired) electrons. The van der Waals surface area contributed by atoms with E-state index in [0.29, 0.717) is 17.7 Å². The molecule has 0 aliphatic carbocycles. The van der Waals surface area contributed by atoms with Gasteiger partial charge in [0.2, 0.25) is 0 Å². The van der Waals surface area contributed by atoms with Gasteiger partial charge in [-0.25, -0.2) is 4.98 Å². The number of ketones is 1. The summed E-state index contributed by atoms with van der Waals surface area (Å²) in [6.45, 7) is 0. The lowest BCUT2D eigenvalue weighted by molar-refractivity contribution is 0.0841. The summed E-state index contributed by atoms with van der Waals surface area (Å²) in [5, 5.41) is 0. The van der Waals surface area contributed by atoms with Crippen molar-refractivity contribution in [2.24, 2.45) is 7.05 Å². The second-order valence-corrected chi connectivity index (χ2v) is 4.16. The molecule has 0 saturated carbocycles. The van der Waals surface area contributed by atoms with Gasteiger partial charge in [0.25, 0.3) is 0 Å². The fourth-order valence-electron chi connectivity index (χ4n) is 2.12. The van der Waals surface area contributed by atoms with Crippen LogP contribution in [0.1, 0.15) is 28.6 Å². The Morgan fingerprint density at radius 2 is 2.24 bits per heavy atom. The van der Waals surface area contributed by atoms with Crippen LogP contribution < -0.4 is 4.74 Å². The number of aryl methyl sites for hydroxylation is 1. The lowest BCUT2D eigenvalue weighted by Gasteiger charge is -2.25. The predicted octanol–water partition coefficient (Wildman–Crippen LogP) is 2.13. The number of fused-ring (bicyclic) bond motifs is 1. The summed E-state index contributed by atoms with van der Waals surface area (Å²) in [6, 6.07) is 7.36.